The first-order valence-electron chi connectivity index (χ1n) is 6.83. The number of allylic oxidation sites excluding steroid dienone is 3. The fraction of sp³-hybridized carbons (Fsp3) is 0.688. The molecule has 2 rings (SSSR count). The maximum absolute atomic E-state index is 8.36. The summed E-state index contributed by atoms with van der Waals surface area (Å²) in [6.07, 6.45) is 8.90. The molecule has 2 atom stereocenters. The molecule has 2 heteroatoms. The van der Waals surface area contributed by atoms with E-state index >= 15 is 0 Å². The van der Waals surface area contributed by atoms with Crippen LogP contribution in [0.15, 0.2) is 23.8 Å². The average molecular weight is 250 g/mol. The lowest BCUT2D eigenvalue weighted by molar-refractivity contribution is -0.122. The fourth-order valence-corrected chi connectivity index (χ4v) is 3.44. The largest absolute Gasteiger partial charge is 0.483 e. The van der Waals surface area contributed by atoms with Gasteiger partial charge in [0.1, 0.15) is 0 Å². The number of hydrogen-bond acceptors (Lipinski definition) is 1. The van der Waals surface area contributed by atoms with Gasteiger partial charge < -0.3 is 5.11 Å². The Hall–Kier alpha value is -1.05. The molecule has 1 fully saturated rings. The molecule has 0 aliphatic heterocycles. The molecular weight excluding hydrogens is 224 g/mol. The first-order valence-corrected chi connectivity index (χ1v) is 6.83. The molecular formula is C16H26O2. The lowest BCUT2D eigenvalue weighted by Gasteiger charge is -2.53. The van der Waals surface area contributed by atoms with Crippen LogP contribution in [0.25, 0.3) is 0 Å². The monoisotopic (exact) mass is 250 g/mol. The number of carboxylic acid groups (broad SMARTS) is 1. The van der Waals surface area contributed by atoms with Crippen molar-refractivity contribution in [2.75, 3.05) is 0 Å². The summed E-state index contributed by atoms with van der Waals surface area (Å²) in [7, 11) is 0. The van der Waals surface area contributed by atoms with E-state index in [9.17, 15) is 0 Å². The van der Waals surface area contributed by atoms with Gasteiger partial charge in [-0.15, -0.1) is 0 Å². The highest BCUT2D eigenvalue weighted by Gasteiger charge is 2.47. The van der Waals surface area contributed by atoms with Crippen molar-refractivity contribution >= 4 is 6.47 Å². The minimum absolute atomic E-state index is 0.250. The Kier molecular flexibility index (Phi) is 5.18. The average Bonchev–Trinajstić information content (AvgIpc) is 2.31. The van der Waals surface area contributed by atoms with Gasteiger partial charge in [-0.05, 0) is 56.3 Å². The first kappa shape index (κ1) is 15.0. The highest BCUT2D eigenvalue weighted by molar-refractivity contribution is 5.32. The number of fused-ring (bicyclic) bond motifs is 1. The van der Waals surface area contributed by atoms with Gasteiger partial charge in [0.2, 0.25) is 0 Å². The van der Waals surface area contributed by atoms with Crippen LogP contribution in [-0.2, 0) is 4.79 Å². The van der Waals surface area contributed by atoms with Gasteiger partial charge in [0.05, 0.1) is 0 Å². The summed E-state index contributed by atoms with van der Waals surface area (Å²) < 4.78 is 0. The highest BCUT2D eigenvalue weighted by atomic mass is 16.3. The second-order valence-electron chi connectivity index (χ2n) is 6.30. The summed E-state index contributed by atoms with van der Waals surface area (Å²) >= 11 is 0. The van der Waals surface area contributed by atoms with E-state index < -0.39 is 0 Å². The summed E-state index contributed by atoms with van der Waals surface area (Å²) in [5, 5.41) is 6.89. The van der Waals surface area contributed by atoms with Gasteiger partial charge in [0.25, 0.3) is 6.47 Å². The Morgan fingerprint density at radius 1 is 1.44 bits per heavy atom. The van der Waals surface area contributed by atoms with E-state index in [1.807, 2.05) is 0 Å². The number of hydrogen-bond donors (Lipinski definition) is 1. The number of rotatable bonds is 0. The third-order valence-corrected chi connectivity index (χ3v) is 4.57. The van der Waals surface area contributed by atoms with Crippen LogP contribution in [-0.4, -0.2) is 11.6 Å². The van der Waals surface area contributed by atoms with Gasteiger partial charge in [0, 0.05) is 0 Å². The molecule has 1 saturated carbocycles. The molecule has 0 heterocycles. The van der Waals surface area contributed by atoms with E-state index in [1.165, 1.54) is 37.7 Å². The molecule has 0 aromatic rings. The first-order chi connectivity index (χ1) is 8.42. The van der Waals surface area contributed by atoms with Crippen LogP contribution in [0, 0.1) is 17.3 Å². The van der Waals surface area contributed by atoms with E-state index in [0.717, 1.165) is 11.8 Å². The lowest BCUT2D eigenvalue weighted by atomic mass is 9.52. The summed E-state index contributed by atoms with van der Waals surface area (Å²) in [5.74, 6) is 1.73. The number of carbonyl (C=O) groups is 1. The predicted molar refractivity (Wildman–Crippen MR) is 75.4 cm³/mol. The topological polar surface area (TPSA) is 37.3 Å². The molecule has 102 valence electrons. The molecule has 0 radical (unpaired) electrons. The Bertz CT molecular complexity index is 339. The maximum atomic E-state index is 8.36. The second kappa shape index (κ2) is 6.21. The molecule has 2 aliphatic carbocycles. The lowest BCUT2D eigenvalue weighted by Crippen LogP contribution is -2.44. The predicted octanol–water partition coefficient (Wildman–Crippen LogP) is 4.43. The van der Waals surface area contributed by atoms with Crippen LogP contribution >= 0.6 is 0 Å². The molecule has 0 saturated heterocycles. The SMILES string of the molecule is C=C1CC/C=C(\C)CC[C@@H]2[C@@H]1CC2(C)C.O=CO. The van der Waals surface area contributed by atoms with Gasteiger partial charge >= 0.3 is 0 Å². The van der Waals surface area contributed by atoms with E-state index in [1.54, 1.807) is 5.57 Å². The fourth-order valence-electron chi connectivity index (χ4n) is 3.44. The Labute approximate surface area is 111 Å². The molecule has 0 spiro atoms. The van der Waals surface area contributed by atoms with Crippen LogP contribution in [0.2, 0.25) is 0 Å². The normalized spacial score (nSPS) is 33.1. The quantitative estimate of drug-likeness (QED) is 0.510. The van der Waals surface area contributed by atoms with E-state index in [-0.39, 0.29) is 6.47 Å². The summed E-state index contributed by atoms with van der Waals surface area (Å²) in [4.78, 5) is 8.36. The summed E-state index contributed by atoms with van der Waals surface area (Å²) in [6, 6.07) is 0. The smallest absolute Gasteiger partial charge is 0.290 e. The molecule has 1 N–H and O–H groups in total. The van der Waals surface area contributed by atoms with Crippen molar-refractivity contribution in [1.29, 1.82) is 0 Å². The van der Waals surface area contributed by atoms with Crippen LogP contribution < -0.4 is 0 Å². The van der Waals surface area contributed by atoms with Gasteiger partial charge in [-0.1, -0.05) is 37.6 Å². The van der Waals surface area contributed by atoms with Crippen molar-refractivity contribution in [3.05, 3.63) is 23.8 Å². The standard InChI is InChI=1S/C15H24.CH2O2/c1-11-6-5-7-12(2)13-10-15(3,4)14(13)9-8-11;2-1-3/h6,13-14H,2,5,7-10H2,1,3-4H3;1H,(H,2,3)/b11-6+;/t13-,14-;/m1./s1. The van der Waals surface area contributed by atoms with Crippen molar-refractivity contribution in [3.63, 3.8) is 0 Å². The van der Waals surface area contributed by atoms with E-state index in [0.29, 0.717) is 5.41 Å². The molecule has 0 unspecified atom stereocenters. The van der Waals surface area contributed by atoms with Gasteiger partial charge in [-0.2, -0.15) is 0 Å². The molecule has 2 nitrogen and oxygen atoms in total. The summed E-state index contributed by atoms with van der Waals surface area (Å²) in [5.41, 5.74) is 3.68. The van der Waals surface area contributed by atoms with Gasteiger partial charge in [0.15, 0.2) is 0 Å². The van der Waals surface area contributed by atoms with Crippen molar-refractivity contribution in [2.45, 2.75) is 52.9 Å². The highest BCUT2D eigenvalue weighted by Crippen LogP contribution is 2.56. The maximum Gasteiger partial charge on any atom is 0.290 e. The Balaban J connectivity index is 0.000000492. The Morgan fingerprint density at radius 3 is 2.61 bits per heavy atom. The van der Waals surface area contributed by atoms with Crippen molar-refractivity contribution in [2.24, 2.45) is 17.3 Å². The third-order valence-electron chi connectivity index (χ3n) is 4.57. The van der Waals surface area contributed by atoms with Crippen LogP contribution in [0.5, 0.6) is 0 Å². The van der Waals surface area contributed by atoms with Crippen molar-refractivity contribution < 1.29 is 9.90 Å². The molecule has 0 aromatic carbocycles. The minimum Gasteiger partial charge on any atom is -0.483 e. The molecule has 0 amide bonds. The van der Waals surface area contributed by atoms with Crippen LogP contribution in [0.3, 0.4) is 0 Å². The molecule has 2 aliphatic rings. The second-order valence-corrected chi connectivity index (χ2v) is 6.30. The van der Waals surface area contributed by atoms with Crippen LogP contribution in [0.1, 0.15) is 52.9 Å². The van der Waals surface area contributed by atoms with Crippen molar-refractivity contribution in [3.8, 4) is 0 Å². The van der Waals surface area contributed by atoms with E-state index in [4.69, 9.17) is 9.90 Å². The Morgan fingerprint density at radius 2 is 2.06 bits per heavy atom. The zero-order valence-electron chi connectivity index (χ0n) is 11.9. The van der Waals surface area contributed by atoms with Gasteiger partial charge in [-0.3, -0.25) is 4.79 Å². The van der Waals surface area contributed by atoms with Crippen LogP contribution in [0.4, 0.5) is 0 Å². The zero-order chi connectivity index (χ0) is 13.8. The zero-order valence-corrected chi connectivity index (χ0v) is 11.9. The van der Waals surface area contributed by atoms with Crippen molar-refractivity contribution in [1.82, 2.24) is 0 Å². The molecule has 18 heavy (non-hydrogen) atoms. The molecule has 0 bridgehead atoms. The van der Waals surface area contributed by atoms with Gasteiger partial charge in [-0.25, -0.2) is 0 Å². The minimum atomic E-state index is -0.250. The third kappa shape index (κ3) is 3.47. The molecule has 0 aromatic heterocycles. The van der Waals surface area contributed by atoms with E-state index in [2.05, 4.69) is 33.4 Å². The summed E-state index contributed by atoms with van der Waals surface area (Å²) in [6.45, 7) is 11.2.